The molecule has 2 nitrogen and oxygen atoms in total. The third-order valence-corrected chi connectivity index (χ3v) is 3.34. The first-order chi connectivity index (χ1) is 6.90. The Kier molecular flexibility index (Phi) is 1.77. The molecule has 1 aromatic carbocycles. The summed E-state index contributed by atoms with van der Waals surface area (Å²) in [5.41, 5.74) is 2.80. The van der Waals surface area contributed by atoms with Crippen LogP contribution in [0.2, 0.25) is 0 Å². The summed E-state index contributed by atoms with van der Waals surface area (Å²) in [6.45, 7) is 1.15. The molecule has 0 bridgehead atoms. The van der Waals surface area contributed by atoms with Gasteiger partial charge in [0, 0.05) is 18.6 Å². The van der Waals surface area contributed by atoms with Crippen LogP contribution in [0.4, 0.5) is 0 Å². The molecule has 1 unspecified atom stereocenters. The lowest BCUT2D eigenvalue weighted by atomic mass is 10.0. The molecule has 2 heteroatoms. The Morgan fingerprint density at radius 1 is 1.43 bits per heavy atom. The summed E-state index contributed by atoms with van der Waals surface area (Å²) in [5, 5.41) is 9.06. The van der Waals surface area contributed by atoms with Crippen LogP contribution in [0.3, 0.4) is 0 Å². The third kappa shape index (κ3) is 1.14. The number of hydrogen-bond acceptors (Lipinski definition) is 2. The highest BCUT2D eigenvalue weighted by Gasteiger charge is 2.39. The van der Waals surface area contributed by atoms with Crippen LogP contribution < -0.4 is 4.74 Å². The molecular weight excluding hydrogens is 176 g/mol. The van der Waals surface area contributed by atoms with E-state index in [4.69, 9.17) is 9.84 Å². The molecule has 1 aliphatic heterocycles. The zero-order valence-electron chi connectivity index (χ0n) is 8.07. The number of rotatable bonds is 2. The fraction of sp³-hybridized carbons (Fsp3) is 0.500. The second-order valence-corrected chi connectivity index (χ2v) is 4.21. The van der Waals surface area contributed by atoms with E-state index in [1.807, 2.05) is 6.07 Å². The number of aliphatic hydroxyl groups excluding tert-OH is 1. The fourth-order valence-corrected chi connectivity index (χ4v) is 2.43. The number of aliphatic hydroxyl groups is 1. The molecule has 1 N–H and O–H groups in total. The summed E-state index contributed by atoms with van der Waals surface area (Å²) in [7, 11) is 0. The molecule has 0 saturated heterocycles. The van der Waals surface area contributed by atoms with Crippen LogP contribution in [0.5, 0.6) is 5.75 Å². The van der Waals surface area contributed by atoms with Crippen molar-refractivity contribution in [1.29, 1.82) is 0 Å². The number of benzene rings is 1. The third-order valence-electron chi connectivity index (χ3n) is 3.34. The van der Waals surface area contributed by atoms with E-state index in [2.05, 4.69) is 12.1 Å². The van der Waals surface area contributed by atoms with Crippen molar-refractivity contribution in [2.24, 2.45) is 5.92 Å². The van der Waals surface area contributed by atoms with Crippen molar-refractivity contribution in [2.75, 3.05) is 13.2 Å². The molecule has 1 aliphatic carbocycles. The van der Waals surface area contributed by atoms with Gasteiger partial charge in [-0.05, 0) is 29.9 Å². The van der Waals surface area contributed by atoms with Gasteiger partial charge in [-0.2, -0.15) is 0 Å². The van der Waals surface area contributed by atoms with Gasteiger partial charge in [0.1, 0.15) is 5.75 Å². The topological polar surface area (TPSA) is 29.5 Å². The summed E-state index contributed by atoms with van der Waals surface area (Å²) < 4.78 is 5.52. The molecule has 3 rings (SSSR count). The van der Waals surface area contributed by atoms with E-state index in [1.165, 1.54) is 11.1 Å². The highest BCUT2D eigenvalue weighted by molar-refractivity contribution is 5.46. The van der Waals surface area contributed by atoms with Crippen molar-refractivity contribution >= 4 is 0 Å². The van der Waals surface area contributed by atoms with Gasteiger partial charge in [-0.3, -0.25) is 0 Å². The molecular formula is C12H14O2. The van der Waals surface area contributed by atoms with E-state index in [0.29, 0.717) is 18.4 Å². The van der Waals surface area contributed by atoms with Crippen LogP contribution in [0.1, 0.15) is 23.5 Å². The predicted molar refractivity (Wildman–Crippen MR) is 53.6 cm³/mol. The first-order valence-corrected chi connectivity index (χ1v) is 5.25. The number of fused-ring (bicyclic) bond motifs is 1. The summed E-state index contributed by atoms with van der Waals surface area (Å²) >= 11 is 0. The predicted octanol–water partition coefficient (Wildman–Crippen LogP) is 1.72. The van der Waals surface area contributed by atoms with E-state index >= 15 is 0 Å². The van der Waals surface area contributed by atoms with Crippen molar-refractivity contribution < 1.29 is 9.84 Å². The Bertz CT molecular complexity index is 359. The van der Waals surface area contributed by atoms with Gasteiger partial charge in [0.2, 0.25) is 0 Å². The van der Waals surface area contributed by atoms with Gasteiger partial charge in [0.05, 0.1) is 6.61 Å². The second-order valence-electron chi connectivity index (χ2n) is 4.21. The Balaban J connectivity index is 1.95. The van der Waals surface area contributed by atoms with E-state index in [1.54, 1.807) is 0 Å². The maximum absolute atomic E-state index is 9.06. The highest BCUT2D eigenvalue weighted by atomic mass is 16.5. The Morgan fingerprint density at radius 2 is 2.36 bits per heavy atom. The minimum absolute atomic E-state index is 0.329. The Morgan fingerprint density at radius 3 is 3.14 bits per heavy atom. The largest absolute Gasteiger partial charge is 0.493 e. The molecule has 1 fully saturated rings. The first-order valence-electron chi connectivity index (χ1n) is 5.25. The van der Waals surface area contributed by atoms with Crippen LogP contribution >= 0.6 is 0 Å². The summed E-state index contributed by atoms with van der Waals surface area (Å²) in [6, 6.07) is 6.29. The van der Waals surface area contributed by atoms with E-state index in [-0.39, 0.29) is 0 Å². The Hall–Kier alpha value is -1.02. The van der Waals surface area contributed by atoms with Gasteiger partial charge in [0.25, 0.3) is 0 Å². The SMILES string of the molecule is OC[C@@H]1CC1c1cccc2c1CCO2. The summed E-state index contributed by atoms with van der Waals surface area (Å²) in [6.07, 6.45) is 2.19. The lowest BCUT2D eigenvalue weighted by Crippen LogP contribution is -1.93. The van der Waals surface area contributed by atoms with E-state index in [9.17, 15) is 0 Å². The van der Waals surface area contributed by atoms with Gasteiger partial charge in [-0.15, -0.1) is 0 Å². The van der Waals surface area contributed by atoms with Crippen molar-refractivity contribution in [3.8, 4) is 5.75 Å². The second kappa shape index (κ2) is 2.99. The lowest BCUT2D eigenvalue weighted by Gasteiger charge is -2.05. The quantitative estimate of drug-likeness (QED) is 0.769. The molecule has 14 heavy (non-hydrogen) atoms. The van der Waals surface area contributed by atoms with Crippen LogP contribution in [0.15, 0.2) is 18.2 Å². The highest BCUT2D eigenvalue weighted by Crippen LogP contribution is 2.50. The average molecular weight is 190 g/mol. The van der Waals surface area contributed by atoms with Crippen LogP contribution in [0, 0.1) is 5.92 Å². The molecule has 74 valence electrons. The summed E-state index contributed by atoms with van der Waals surface area (Å²) in [4.78, 5) is 0. The number of hydrogen-bond donors (Lipinski definition) is 1. The van der Waals surface area contributed by atoms with Gasteiger partial charge < -0.3 is 9.84 Å². The monoisotopic (exact) mass is 190 g/mol. The van der Waals surface area contributed by atoms with Crippen LogP contribution in [-0.2, 0) is 6.42 Å². The lowest BCUT2D eigenvalue weighted by molar-refractivity contribution is 0.274. The number of ether oxygens (including phenoxy) is 1. The van der Waals surface area contributed by atoms with Crippen molar-refractivity contribution in [2.45, 2.75) is 18.8 Å². The zero-order valence-corrected chi connectivity index (χ0v) is 8.07. The van der Waals surface area contributed by atoms with E-state index < -0.39 is 0 Å². The first kappa shape index (κ1) is 8.30. The van der Waals surface area contributed by atoms with Crippen LogP contribution in [0.25, 0.3) is 0 Å². The smallest absolute Gasteiger partial charge is 0.122 e. The van der Waals surface area contributed by atoms with Crippen molar-refractivity contribution in [1.82, 2.24) is 0 Å². The molecule has 1 saturated carbocycles. The normalized spacial score (nSPS) is 28.4. The van der Waals surface area contributed by atoms with E-state index in [0.717, 1.165) is 25.2 Å². The Labute approximate surface area is 83.5 Å². The molecule has 0 aromatic heterocycles. The average Bonchev–Trinajstić information content (AvgIpc) is 2.85. The van der Waals surface area contributed by atoms with Gasteiger partial charge in [-0.1, -0.05) is 12.1 Å². The maximum atomic E-state index is 9.06. The standard InChI is InChI=1S/C12H14O2/c13-7-8-6-11(8)9-2-1-3-12-10(9)4-5-14-12/h1-3,8,11,13H,4-7H2/t8-,11?/m0/s1. The molecule has 2 aliphatic rings. The minimum atomic E-state index is 0.329. The van der Waals surface area contributed by atoms with Gasteiger partial charge in [-0.25, -0.2) is 0 Å². The maximum Gasteiger partial charge on any atom is 0.122 e. The molecule has 1 aromatic rings. The molecule has 0 spiro atoms. The summed E-state index contributed by atoms with van der Waals surface area (Å²) in [5.74, 6) is 2.16. The minimum Gasteiger partial charge on any atom is -0.493 e. The molecule has 0 radical (unpaired) electrons. The molecule has 1 heterocycles. The van der Waals surface area contributed by atoms with Gasteiger partial charge in [0.15, 0.2) is 0 Å². The zero-order chi connectivity index (χ0) is 9.54. The van der Waals surface area contributed by atoms with Crippen molar-refractivity contribution in [3.63, 3.8) is 0 Å². The van der Waals surface area contributed by atoms with Gasteiger partial charge >= 0.3 is 0 Å². The molecule has 2 atom stereocenters. The fourth-order valence-electron chi connectivity index (χ4n) is 2.43. The van der Waals surface area contributed by atoms with Crippen LogP contribution in [-0.4, -0.2) is 18.3 Å². The molecule has 0 amide bonds. The van der Waals surface area contributed by atoms with Crippen molar-refractivity contribution in [3.05, 3.63) is 29.3 Å².